The standard InChI is InChI=1S/C6H13ClO3/c1-4(8)6(10)2-5(9)3-7/h4-6,8-10H,2-3H2,1H3/t4-,5-,6+/m1/s1. The van der Waals surface area contributed by atoms with Gasteiger partial charge in [-0.25, -0.2) is 0 Å². The highest BCUT2D eigenvalue weighted by atomic mass is 35.5. The van der Waals surface area contributed by atoms with E-state index in [0.29, 0.717) is 0 Å². The second kappa shape index (κ2) is 4.91. The first-order valence-electron chi connectivity index (χ1n) is 3.18. The number of hydrogen-bond acceptors (Lipinski definition) is 3. The molecule has 62 valence electrons. The summed E-state index contributed by atoms with van der Waals surface area (Å²) in [7, 11) is 0. The SMILES string of the molecule is C[C@@H](O)[C@@H](O)C[C@@H](O)CCl. The van der Waals surface area contributed by atoms with Gasteiger partial charge in [0.2, 0.25) is 0 Å². The normalized spacial score (nSPS) is 20.1. The Labute approximate surface area is 65.2 Å². The molecular weight excluding hydrogens is 156 g/mol. The van der Waals surface area contributed by atoms with Crippen LogP contribution >= 0.6 is 11.6 Å². The van der Waals surface area contributed by atoms with Crippen molar-refractivity contribution in [1.82, 2.24) is 0 Å². The van der Waals surface area contributed by atoms with Gasteiger partial charge in [-0.3, -0.25) is 0 Å². The summed E-state index contributed by atoms with van der Waals surface area (Å²) >= 11 is 5.26. The molecule has 10 heavy (non-hydrogen) atoms. The lowest BCUT2D eigenvalue weighted by Gasteiger charge is -2.15. The van der Waals surface area contributed by atoms with Crippen LogP contribution in [0.1, 0.15) is 13.3 Å². The maximum absolute atomic E-state index is 8.96. The van der Waals surface area contributed by atoms with Crippen LogP contribution in [0.2, 0.25) is 0 Å². The minimum absolute atomic E-state index is 0.0871. The van der Waals surface area contributed by atoms with Crippen molar-refractivity contribution in [3.8, 4) is 0 Å². The Balaban J connectivity index is 3.46. The van der Waals surface area contributed by atoms with E-state index in [1.54, 1.807) is 0 Å². The Morgan fingerprint density at radius 3 is 2.10 bits per heavy atom. The molecule has 0 fully saturated rings. The Morgan fingerprint density at radius 1 is 1.30 bits per heavy atom. The van der Waals surface area contributed by atoms with E-state index in [0.717, 1.165) is 0 Å². The van der Waals surface area contributed by atoms with Crippen LogP contribution in [0.3, 0.4) is 0 Å². The predicted molar refractivity (Wildman–Crippen MR) is 39.0 cm³/mol. The first kappa shape index (κ1) is 10.2. The highest BCUT2D eigenvalue weighted by molar-refractivity contribution is 6.18. The molecule has 0 bridgehead atoms. The van der Waals surface area contributed by atoms with Gasteiger partial charge in [-0.15, -0.1) is 11.6 Å². The topological polar surface area (TPSA) is 60.7 Å². The van der Waals surface area contributed by atoms with Crippen molar-refractivity contribution in [3.63, 3.8) is 0 Å². The number of alkyl halides is 1. The summed E-state index contributed by atoms with van der Waals surface area (Å²) in [5.74, 6) is 0.0871. The molecule has 0 aliphatic rings. The lowest BCUT2D eigenvalue weighted by molar-refractivity contribution is 0.00148. The fraction of sp³-hybridized carbons (Fsp3) is 1.00. The summed E-state index contributed by atoms with van der Waals surface area (Å²) in [6.45, 7) is 1.46. The van der Waals surface area contributed by atoms with E-state index >= 15 is 0 Å². The van der Waals surface area contributed by atoms with Crippen molar-refractivity contribution >= 4 is 11.6 Å². The van der Waals surface area contributed by atoms with Crippen LogP contribution < -0.4 is 0 Å². The van der Waals surface area contributed by atoms with Gasteiger partial charge in [-0.1, -0.05) is 0 Å². The molecule has 0 rings (SSSR count). The maximum atomic E-state index is 8.96. The molecule has 0 aliphatic carbocycles. The number of aliphatic hydroxyl groups is 3. The lowest BCUT2D eigenvalue weighted by Crippen LogP contribution is -2.28. The highest BCUT2D eigenvalue weighted by Gasteiger charge is 2.14. The van der Waals surface area contributed by atoms with Crippen LogP contribution in [0.4, 0.5) is 0 Å². The first-order valence-corrected chi connectivity index (χ1v) is 3.71. The zero-order chi connectivity index (χ0) is 8.15. The van der Waals surface area contributed by atoms with Crippen LogP contribution in [0.25, 0.3) is 0 Å². The Bertz CT molecular complexity index is 87.1. The van der Waals surface area contributed by atoms with E-state index in [1.165, 1.54) is 6.92 Å². The number of rotatable bonds is 4. The third-order valence-electron chi connectivity index (χ3n) is 1.25. The van der Waals surface area contributed by atoms with Crippen LogP contribution in [-0.2, 0) is 0 Å². The van der Waals surface area contributed by atoms with E-state index < -0.39 is 18.3 Å². The van der Waals surface area contributed by atoms with Crippen molar-refractivity contribution in [2.75, 3.05) is 5.88 Å². The summed E-state index contributed by atoms with van der Waals surface area (Å²) < 4.78 is 0. The van der Waals surface area contributed by atoms with Crippen LogP contribution in [0.5, 0.6) is 0 Å². The molecule has 0 aromatic carbocycles. The quantitative estimate of drug-likeness (QED) is 0.506. The third-order valence-corrected chi connectivity index (χ3v) is 1.60. The van der Waals surface area contributed by atoms with Crippen molar-refractivity contribution in [1.29, 1.82) is 0 Å². The van der Waals surface area contributed by atoms with E-state index in [2.05, 4.69) is 0 Å². The number of aliphatic hydroxyl groups excluding tert-OH is 3. The third kappa shape index (κ3) is 4.06. The summed E-state index contributed by atoms with van der Waals surface area (Å²) in [5, 5.41) is 26.6. The van der Waals surface area contributed by atoms with Gasteiger partial charge in [-0.05, 0) is 6.92 Å². The van der Waals surface area contributed by atoms with Crippen LogP contribution in [0, 0.1) is 0 Å². The van der Waals surface area contributed by atoms with Crippen LogP contribution in [-0.4, -0.2) is 39.5 Å². The van der Waals surface area contributed by atoms with Gasteiger partial charge in [0, 0.05) is 12.3 Å². The van der Waals surface area contributed by atoms with Gasteiger partial charge in [0.15, 0.2) is 0 Å². The molecule has 0 spiro atoms. The zero-order valence-corrected chi connectivity index (χ0v) is 6.62. The first-order chi connectivity index (χ1) is 4.57. The van der Waals surface area contributed by atoms with E-state index in [-0.39, 0.29) is 12.3 Å². The van der Waals surface area contributed by atoms with Crippen molar-refractivity contribution in [3.05, 3.63) is 0 Å². The summed E-state index contributed by atoms with van der Waals surface area (Å²) in [6, 6.07) is 0. The molecule has 3 atom stereocenters. The molecule has 0 aliphatic heterocycles. The van der Waals surface area contributed by atoms with Gasteiger partial charge >= 0.3 is 0 Å². The monoisotopic (exact) mass is 168 g/mol. The van der Waals surface area contributed by atoms with Crippen molar-refractivity contribution in [2.24, 2.45) is 0 Å². The Morgan fingerprint density at radius 2 is 1.80 bits per heavy atom. The minimum atomic E-state index is -0.881. The lowest BCUT2D eigenvalue weighted by atomic mass is 10.1. The average molecular weight is 169 g/mol. The highest BCUT2D eigenvalue weighted by Crippen LogP contribution is 2.03. The fourth-order valence-electron chi connectivity index (χ4n) is 0.539. The molecule has 0 radical (unpaired) electrons. The second-order valence-corrected chi connectivity index (χ2v) is 2.66. The molecule has 0 aromatic rings. The van der Waals surface area contributed by atoms with E-state index in [4.69, 9.17) is 26.9 Å². The smallest absolute Gasteiger partial charge is 0.0821 e. The Hall–Kier alpha value is 0.170. The van der Waals surface area contributed by atoms with E-state index in [1.807, 2.05) is 0 Å². The molecule has 0 aromatic heterocycles. The predicted octanol–water partition coefficient (Wildman–Crippen LogP) is -0.282. The van der Waals surface area contributed by atoms with Gasteiger partial charge < -0.3 is 15.3 Å². The Kier molecular flexibility index (Phi) is 4.99. The molecule has 4 heteroatoms. The number of halogens is 1. The summed E-state index contributed by atoms with van der Waals surface area (Å²) in [6.07, 6.45) is -2.29. The van der Waals surface area contributed by atoms with Gasteiger partial charge in [0.25, 0.3) is 0 Å². The second-order valence-electron chi connectivity index (χ2n) is 2.35. The molecular formula is C6H13ClO3. The largest absolute Gasteiger partial charge is 0.392 e. The van der Waals surface area contributed by atoms with Crippen molar-refractivity contribution in [2.45, 2.75) is 31.7 Å². The van der Waals surface area contributed by atoms with E-state index in [9.17, 15) is 0 Å². The molecule has 3 nitrogen and oxygen atoms in total. The molecule has 0 saturated carbocycles. The fourth-order valence-corrected chi connectivity index (χ4v) is 0.665. The summed E-state index contributed by atoms with van der Waals surface area (Å²) in [5.41, 5.74) is 0. The molecule has 3 N–H and O–H groups in total. The maximum Gasteiger partial charge on any atom is 0.0821 e. The van der Waals surface area contributed by atoms with Crippen molar-refractivity contribution < 1.29 is 15.3 Å². The molecule has 0 unspecified atom stereocenters. The molecule has 0 saturated heterocycles. The minimum Gasteiger partial charge on any atom is -0.392 e. The van der Waals surface area contributed by atoms with Crippen LogP contribution in [0.15, 0.2) is 0 Å². The summed E-state index contributed by atoms with van der Waals surface area (Å²) in [4.78, 5) is 0. The molecule has 0 heterocycles. The zero-order valence-electron chi connectivity index (χ0n) is 5.87. The molecule has 0 amide bonds. The average Bonchev–Trinajstić information content (AvgIpc) is 1.87. The van der Waals surface area contributed by atoms with Gasteiger partial charge in [0.05, 0.1) is 18.3 Å². The van der Waals surface area contributed by atoms with Gasteiger partial charge in [-0.2, -0.15) is 0 Å². The van der Waals surface area contributed by atoms with Gasteiger partial charge in [0.1, 0.15) is 0 Å². The number of hydrogen-bond donors (Lipinski definition) is 3.